The van der Waals surface area contributed by atoms with Gasteiger partial charge in [-0.1, -0.05) is 27.7 Å². The summed E-state index contributed by atoms with van der Waals surface area (Å²) in [4.78, 5) is 0. The summed E-state index contributed by atoms with van der Waals surface area (Å²) in [5.41, 5.74) is 0.450. The Kier molecular flexibility index (Phi) is 4.74. The van der Waals surface area contributed by atoms with E-state index in [1.807, 2.05) is 0 Å². The quantitative estimate of drug-likeness (QED) is 0.610. The number of ether oxygens (including phenoxy) is 1. The Bertz CT molecular complexity index is 87.5. The molecule has 68 valence electrons. The molecule has 0 rings (SSSR count). The molecule has 0 aromatic carbocycles. The molecule has 0 aliphatic carbocycles. The molecule has 0 N–H and O–H groups in total. The van der Waals surface area contributed by atoms with Crippen LogP contribution >= 0.6 is 0 Å². The van der Waals surface area contributed by atoms with E-state index in [9.17, 15) is 0 Å². The van der Waals surface area contributed by atoms with E-state index in [0.29, 0.717) is 11.5 Å². The highest BCUT2D eigenvalue weighted by Gasteiger charge is 2.13. The molecule has 0 aliphatic heterocycles. The normalized spacial score (nSPS) is 15.0. The number of hydrogen-bond acceptors (Lipinski definition) is 1. The minimum atomic E-state index is 0.450. The van der Waals surface area contributed by atoms with Gasteiger partial charge in [-0.25, -0.2) is 0 Å². The van der Waals surface area contributed by atoms with Gasteiger partial charge < -0.3 is 4.74 Å². The molecule has 1 atom stereocenters. The number of rotatable bonds is 4. The first kappa shape index (κ1) is 11.0. The van der Waals surface area contributed by atoms with Gasteiger partial charge in [-0.15, -0.1) is 0 Å². The molecule has 0 radical (unpaired) electrons. The van der Waals surface area contributed by atoms with Crippen LogP contribution in [-0.4, -0.2) is 13.2 Å². The molecule has 1 heteroatoms. The monoisotopic (exact) mass is 158 g/mol. The van der Waals surface area contributed by atoms with Crippen LogP contribution in [0, 0.1) is 5.41 Å². The molecule has 0 saturated carbocycles. The first-order chi connectivity index (χ1) is 4.99. The highest BCUT2D eigenvalue weighted by atomic mass is 16.5. The largest absolute Gasteiger partial charge is 0.381 e. The minimum Gasteiger partial charge on any atom is -0.381 e. The van der Waals surface area contributed by atoms with E-state index in [2.05, 4.69) is 27.7 Å². The fourth-order valence-corrected chi connectivity index (χ4v) is 1.08. The van der Waals surface area contributed by atoms with Crippen molar-refractivity contribution in [2.24, 2.45) is 5.41 Å². The van der Waals surface area contributed by atoms with Crippen molar-refractivity contribution in [1.82, 2.24) is 0 Å². The summed E-state index contributed by atoms with van der Waals surface area (Å²) in [7, 11) is 1.80. The van der Waals surface area contributed by atoms with E-state index in [1.165, 1.54) is 12.8 Å². The molecule has 0 bridgehead atoms. The molecule has 0 aromatic rings. The third kappa shape index (κ3) is 6.36. The molecule has 0 saturated heterocycles. The van der Waals surface area contributed by atoms with Gasteiger partial charge in [0.2, 0.25) is 0 Å². The molecule has 0 aromatic heterocycles. The molecule has 1 unspecified atom stereocenters. The van der Waals surface area contributed by atoms with Crippen molar-refractivity contribution in [2.75, 3.05) is 7.11 Å². The van der Waals surface area contributed by atoms with E-state index in [-0.39, 0.29) is 0 Å². The molecule has 0 heterocycles. The summed E-state index contributed by atoms with van der Waals surface area (Å²) in [6, 6.07) is 0. The molecular formula is C10H22O. The topological polar surface area (TPSA) is 9.23 Å². The fourth-order valence-electron chi connectivity index (χ4n) is 1.08. The van der Waals surface area contributed by atoms with Crippen LogP contribution in [0.2, 0.25) is 0 Å². The van der Waals surface area contributed by atoms with Gasteiger partial charge in [0.1, 0.15) is 0 Å². The lowest BCUT2D eigenvalue weighted by atomic mass is 9.89. The highest BCUT2D eigenvalue weighted by molar-refractivity contribution is 4.65. The highest BCUT2D eigenvalue weighted by Crippen LogP contribution is 2.22. The Labute approximate surface area is 71.1 Å². The zero-order chi connectivity index (χ0) is 8.91. The Hall–Kier alpha value is -0.0400. The molecule has 0 spiro atoms. The Balaban J connectivity index is 3.51. The van der Waals surface area contributed by atoms with Gasteiger partial charge in [-0.3, -0.25) is 0 Å². The van der Waals surface area contributed by atoms with Gasteiger partial charge in [-0.2, -0.15) is 0 Å². The zero-order valence-electron chi connectivity index (χ0n) is 8.61. The van der Waals surface area contributed by atoms with Gasteiger partial charge in [0.05, 0.1) is 6.10 Å². The molecular weight excluding hydrogens is 136 g/mol. The SMILES string of the molecule is CCC(CCC(C)(C)C)OC. The maximum atomic E-state index is 5.29. The van der Waals surface area contributed by atoms with Crippen LogP contribution in [0.15, 0.2) is 0 Å². The zero-order valence-corrected chi connectivity index (χ0v) is 8.61. The van der Waals surface area contributed by atoms with Crippen LogP contribution in [0.1, 0.15) is 47.0 Å². The second kappa shape index (κ2) is 4.76. The van der Waals surface area contributed by atoms with Crippen molar-refractivity contribution in [1.29, 1.82) is 0 Å². The van der Waals surface area contributed by atoms with E-state index in [1.54, 1.807) is 7.11 Å². The van der Waals surface area contributed by atoms with Crippen molar-refractivity contribution in [3.05, 3.63) is 0 Å². The summed E-state index contributed by atoms with van der Waals surface area (Å²) in [6.07, 6.45) is 4.04. The van der Waals surface area contributed by atoms with E-state index >= 15 is 0 Å². The summed E-state index contributed by atoms with van der Waals surface area (Å²) >= 11 is 0. The maximum absolute atomic E-state index is 5.29. The Morgan fingerprint density at radius 2 is 1.82 bits per heavy atom. The molecule has 1 nitrogen and oxygen atoms in total. The van der Waals surface area contributed by atoms with Crippen LogP contribution in [-0.2, 0) is 4.74 Å². The lowest BCUT2D eigenvalue weighted by molar-refractivity contribution is 0.0814. The second-order valence-electron chi connectivity index (χ2n) is 4.37. The summed E-state index contributed by atoms with van der Waals surface area (Å²) in [5.74, 6) is 0. The second-order valence-corrected chi connectivity index (χ2v) is 4.37. The van der Waals surface area contributed by atoms with Crippen LogP contribution < -0.4 is 0 Å². The van der Waals surface area contributed by atoms with Crippen LogP contribution in [0.3, 0.4) is 0 Å². The predicted octanol–water partition coefficient (Wildman–Crippen LogP) is 3.24. The van der Waals surface area contributed by atoms with Crippen molar-refractivity contribution in [2.45, 2.75) is 53.1 Å². The summed E-state index contributed by atoms with van der Waals surface area (Å²) < 4.78 is 5.29. The van der Waals surface area contributed by atoms with Crippen molar-refractivity contribution in [3.8, 4) is 0 Å². The third-order valence-electron chi connectivity index (χ3n) is 2.00. The third-order valence-corrected chi connectivity index (χ3v) is 2.00. The first-order valence-electron chi connectivity index (χ1n) is 4.52. The summed E-state index contributed by atoms with van der Waals surface area (Å²) in [5, 5.41) is 0. The van der Waals surface area contributed by atoms with Crippen molar-refractivity contribution in [3.63, 3.8) is 0 Å². The number of methoxy groups -OCH3 is 1. The maximum Gasteiger partial charge on any atom is 0.0569 e. The molecule has 11 heavy (non-hydrogen) atoms. The van der Waals surface area contributed by atoms with Gasteiger partial charge in [0, 0.05) is 7.11 Å². The lowest BCUT2D eigenvalue weighted by Gasteiger charge is -2.21. The van der Waals surface area contributed by atoms with E-state index in [4.69, 9.17) is 4.74 Å². The van der Waals surface area contributed by atoms with Gasteiger partial charge in [0.25, 0.3) is 0 Å². The minimum absolute atomic E-state index is 0.450. The van der Waals surface area contributed by atoms with Crippen LogP contribution in [0.5, 0.6) is 0 Å². The van der Waals surface area contributed by atoms with Gasteiger partial charge in [0.15, 0.2) is 0 Å². The predicted molar refractivity (Wildman–Crippen MR) is 49.8 cm³/mol. The van der Waals surface area contributed by atoms with Gasteiger partial charge in [-0.05, 0) is 24.7 Å². The van der Waals surface area contributed by atoms with Crippen molar-refractivity contribution >= 4 is 0 Å². The Morgan fingerprint density at radius 1 is 1.27 bits per heavy atom. The smallest absolute Gasteiger partial charge is 0.0569 e. The molecule has 0 aliphatic rings. The van der Waals surface area contributed by atoms with E-state index < -0.39 is 0 Å². The average Bonchev–Trinajstić information content (AvgIpc) is 1.88. The van der Waals surface area contributed by atoms with E-state index in [0.717, 1.165) is 6.42 Å². The molecule has 0 amide bonds. The average molecular weight is 158 g/mol. The first-order valence-corrected chi connectivity index (χ1v) is 4.52. The summed E-state index contributed by atoms with van der Waals surface area (Å²) in [6.45, 7) is 9.00. The Morgan fingerprint density at radius 3 is 2.09 bits per heavy atom. The van der Waals surface area contributed by atoms with Crippen molar-refractivity contribution < 1.29 is 4.74 Å². The van der Waals surface area contributed by atoms with Crippen LogP contribution in [0.4, 0.5) is 0 Å². The van der Waals surface area contributed by atoms with Gasteiger partial charge >= 0.3 is 0 Å². The molecule has 0 fully saturated rings. The number of hydrogen-bond donors (Lipinski definition) is 0. The standard InChI is InChI=1S/C10H22O/c1-6-9(11-5)7-8-10(2,3)4/h9H,6-8H2,1-5H3. The lowest BCUT2D eigenvalue weighted by Crippen LogP contribution is -2.14. The fraction of sp³-hybridized carbons (Fsp3) is 1.00. The van der Waals surface area contributed by atoms with Crippen LogP contribution in [0.25, 0.3) is 0 Å².